The van der Waals surface area contributed by atoms with Crippen molar-refractivity contribution in [3.8, 4) is 0 Å². The largest absolute Gasteiger partial charge is 0.337 e. The van der Waals surface area contributed by atoms with Crippen LogP contribution in [0.5, 0.6) is 0 Å². The van der Waals surface area contributed by atoms with E-state index in [4.69, 9.17) is 11.6 Å². The highest BCUT2D eigenvalue weighted by Gasteiger charge is 2.14. The molecule has 0 bridgehead atoms. The van der Waals surface area contributed by atoms with Crippen LogP contribution in [0.15, 0.2) is 53.0 Å². The second kappa shape index (κ2) is 6.22. The molecule has 0 aliphatic heterocycles. The van der Waals surface area contributed by atoms with Gasteiger partial charge in [0.1, 0.15) is 0 Å². The summed E-state index contributed by atoms with van der Waals surface area (Å²) in [5.41, 5.74) is 1.60. The molecule has 0 aromatic heterocycles. The molecule has 2 nitrogen and oxygen atoms in total. The molecular formula is C15H13BrClNO. The highest BCUT2D eigenvalue weighted by Crippen LogP contribution is 2.18. The fraction of sp³-hybridized carbons (Fsp3) is 0.133. The monoisotopic (exact) mass is 337 g/mol. The molecular weight excluding hydrogens is 326 g/mol. The standard InChI is InChI=1S/C15H13BrClNO/c1-18(10-11-5-4-6-12(16)9-11)15(19)13-7-2-3-8-14(13)17/h2-9H,10H2,1H3. The van der Waals surface area contributed by atoms with Crippen LogP contribution in [-0.4, -0.2) is 17.9 Å². The summed E-state index contributed by atoms with van der Waals surface area (Å²) in [6.07, 6.45) is 0. The minimum Gasteiger partial charge on any atom is -0.337 e. The zero-order valence-corrected chi connectivity index (χ0v) is 12.8. The summed E-state index contributed by atoms with van der Waals surface area (Å²) in [5.74, 6) is -0.0782. The zero-order valence-electron chi connectivity index (χ0n) is 10.4. The van der Waals surface area contributed by atoms with Gasteiger partial charge in [-0.15, -0.1) is 0 Å². The Morgan fingerprint density at radius 1 is 1.21 bits per heavy atom. The number of rotatable bonds is 3. The maximum Gasteiger partial charge on any atom is 0.255 e. The Bertz CT molecular complexity index is 600. The summed E-state index contributed by atoms with van der Waals surface area (Å²) in [5, 5.41) is 0.480. The van der Waals surface area contributed by atoms with Gasteiger partial charge < -0.3 is 4.90 Å². The van der Waals surface area contributed by atoms with Gasteiger partial charge in [-0.1, -0.05) is 51.8 Å². The van der Waals surface area contributed by atoms with Crippen molar-refractivity contribution in [1.82, 2.24) is 4.90 Å². The van der Waals surface area contributed by atoms with Gasteiger partial charge in [-0.05, 0) is 29.8 Å². The third kappa shape index (κ3) is 3.58. The first kappa shape index (κ1) is 14.1. The van der Waals surface area contributed by atoms with Crippen LogP contribution in [0.2, 0.25) is 5.02 Å². The molecule has 19 heavy (non-hydrogen) atoms. The quantitative estimate of drug-likeness (QED) is 0.813. The van der Waals surface area contributed by atoms with Crippen LogP contribution in [0.1, 0.15) is 15.9 Å². The number of nitrogens with zero attached hydrogens (tertiary/aromatic N) is 1. The lowest BCUT2D eigenvalue weighted by Gasteiger charge is -2.18. The van der Waals surface area contributed by atoms with Crippen molar-refractivity contribution in [3.05, 3.63) is 69.2 Å². The predicted molar refractivity (Wildman–Crippen MR) is 81.4 cm³/mol. The summed E-state index contributed by atoms with van der Waals surface area (Å²) < 4.78 is 1.00. The predicted octanol–water partition coefficient (Wildman–Crippen LogP) is 4.37. The minimum absolute atomic E-state index is 0.0782. The topological polar surface area (TPSA) is 20.3 Å². The molecule has 0 fully saturated rings. The van der Waals surface area contributed by atoms with Gasteiger partial charge in [0.25, 0.3) is 5.91 Å². The van der Waals surface area contributed by atoms with Gasteiger partial charge >= 0.3 is 0 Å². The highest BCUT2D eigenvalue weighted by molar-refractivity contribution is 9.10. The number of benzene rings is 2. The van der Waals surface area contributed by atoms with Gasteiger partial charge in [0.05, 0.1) is 10.6 Å². The molecule has 2 aromatic rings. The summed E-state index contributed by atoms with van der Waals surface area (Å²) in [6.45, 7) is 0.545. The first-order valence-corrected chi connectivity index (χ1v) is 6.99. The molecule has 1 amide bonds. The third-order valence-corrected chi connectivity index (χ3v) is 3.58. The summed E-state index contributed by atoms with van der Waals surface area (Å²) in [6, 6.07) is 15.0. The second-order valence-corrected chi connectivity index (χ2v) is 5.59. The SMILES string of the molecule is CN(Cc1cccc(Br)c1)C(=O)c1ccccc1Cl. The van der Waals surface area contributed by atoms with Crippen molar-refractivity contribution >= 4 is 33.4 Å². The first-order chi connectivity index (χ1) is 9.08. The van der Waals surface area contributed by atoms with Gasteiger partial charge in [-0.2, -0.15) is 0 Å². The Morgan fingerprint density at radius 3 is 2.63 bits per heavy atom. The lowest BCUT2D eigenvalue weighted by molar-refractivity contribution is 0.0785. The van der Waals surface area contributed by atoms with E-state index in [0.717, 1.165) is 10.0 Å². The molecule has 0 aliphatic carbocycles. The molecule has 2 rings (SSSR count). The van der Waals surface area contributed by atoms with E-state index in [1.54, 1.807) is 24.1 Å². The molecule has 0 saturated heterocycles. The van der Waals surface area contributed by atoms with Gasteiger partial charge in [0.2, 0.25) is 0 Å². The van der Waals surface area contributed by atoms with Gasteiger partial charge in [0.15, 0.2) is 0 Å². The minimum atomic E-state index is -0.0782. The second-order valence-electron chi connectivity index (χ2n) is 4.27. The Morgan fingerprint density at radius 2 is 1.95 bits per heavy atom. The summed E-state index contributed by atoms with van der Waals surface area (Å²) in [7, 11) is 1.77. The average molecular weight is 339 g/mol. The van der Waals surface area contributed by atoms with Gasteiger partial charge in [0, 0.05) is 18.1 Å². The summed E-state index contributed by atoms with van der Waals surface area (Å²) in [4.78, 5) is 13.9. The number of carbonyl (C=O) groups is 1. The molecule has 4 heteroatoms. The van der Waals surface area contributed by atoms with Crippen LogP contribution in [0.25, 0.3) is 0 Å². The van der Waals surface area contributed by atoms with Crippen LogP contribution >= 0.6 is 27.5 Å². The van der Waals surface area contributed by atoms with Crippen molar-refractivity contribution < 1.29 is 4.79 Å². The maximum atomic E-state index is 12.3. The number of amides is 1. The van der Waals surface area contributed by atoms with Gasteiger partial charge in [-0.25, -0.2) is 0 Å². The first-order valence-electron chi connectivity index (χ1n) is 5.82. The molecule has 98 valence electrons. The van der Waals surface area contributed by atoms with E-state index in [1.165, 1.54) is 0 Å². The molecule has 2 aromatic carbocycles. The van der Waals surface area contributed by atoms with Crippen LogP contribution < -0.4 is 0 Å². The lowest BCUT2D eigenvalue weighted by atomic mass is 10.1. The molecule has 0 aliphatic rings. The molecule has 0 atom stereocenters. The molecule has 0 spiro atoms. The van der Waals surface area contributed by atoms with Crippen molar-refractivity contribution in [1.29, 1.82) is 0 Å². The lowest BCUT2D eigenvalue weighted by Crippen LogP contribution is -2.26. The molecule has 0 unspecified atom stereocenters. The van der Waals surface area contributed by atoms with E-state index >= 15 is 0 Å². The van der Waals surface area contributed by atoms with E-state index in [0.29, 0.717) is 17.1 Å². The van der Waals surface area contributed by atoms with Crippen molar-refractivity contribution in [2.45, 2.75) is 6.54 Å². The Balaban J connectivity index is 2.14. The van der Waals surface area contributed by atoms with Crippen molar-refractivity contribution in [3.63, 3.8) is 0 Å². The molecule has 0 N–H and O–H groups in total. The number of halogens is 2. The van der Waals surface area contributed by atoms with Crippen LogP contribution in [0.4, 0.5) is 0 Å². The number of carbonyl (C=O) groups excluding carboxylic acids is 1. The molecule has 0 radical (unpaired) electrons. The number of hydrogen-bond donors (Lipinski definition) is 0. The van der Waals surface area contributed by atoms with E-state index in [-0.39, 0.29) is 5.91 Å². The van der Waals surface area contributed by atoms with Gasteiger partial charge in [-0.3, -0.25) is 4.79 Å². The van der Waals surface area contributed by atoms with Crippen molar-refractivity contribution in [2.24, 2.45) is 0 Å². The van der Waals surface area contributed by atoms with E-state index < -0.39 is 0 Å². The summed E-state index contributed by atoms with van der Waals surface area (Å²) >= 11 is 9.46. The van der Waals surface area contributed by atoms with E-state index in [9.17, 15) is 4.79 Å². The fourth-order valence-electron chi connectivity index (χ4n) is 1.82. The fourth-order valence-corrected chi connectivity index (χ4v) is 2.48. The average Bonchev–Trinajstić information content (AvgIpc) is 2.38. The normalized spacial score (nSPS) is 10.3. The zero-order chi connectivity index (χ0) is 13.8. The maximum absolute atomic E-state index is 12.3. The Labute approximate surface area is 126 Å². The third-order valence-electron chi connectivity index (χ3n) is 2.76. The molecule has 0 heterocycles. The Kier molecular flexibility index (Phi) is 4.61. The van der Waals surface area contributed by atoms with Crippen LogP contribution in [-0.2, 0) is 6.54 Å². The smallest absolute Gasteiger partial charge is 0.255 e. The highest BCUT2D eigenvalue weighted by atomic mass is 79.9. The Hall–Kier alpha value is -1.32. The van der Waals surface area contributed by atoms with Crippen LogP contribution in [0.3, 0.4) is 0 Å². The van der Waals surface area contributed by atoms with Crippen molar-refractivity contribution in [2.75, 3.05) is 7.05 Å². The molecule has 0 saturated carbocycles. The van der Waals surface area contributed by atoms with Crippen LogP contribution in [0, 0.1) is 0 Å². The van der Waals surface area contributed by atoms with E-state index in [1.807, 2.05) is 36.4 Å². The van der Waals surface area contributed by atoms with E-state index in [2.05, 4.69) is 15.9 Å². The number of hydrogen-bond acceptors (Lipinski definition) is 1.